The van der Waals surface area contributed by atoms with E-state index in [0.29, 0.717) is 5.92 Å². The monoisotopic (exact) mass is 174 g/mol. The van der Waals surface area contributed by atoms with E-state index < -0.39 is 0 Å². The van der Waals surface area contributed by atoms with Gasteiger partial charge < -0.3 is 9.47 Å². The molecule has 0 rings (SSSR count). The van der Waals surface area contributed by atoms with E-state index in [2.05, 4.69) is 20.8 Å². The maximum absolute atomic E-state index is 5.43. The van der Waals surface area contributed by atoms with Gasteiger partial charge in [-0.3, -0.25) is 0 Å². The zero-order valence-electron chi connectivity index (χ0n) is 9.02. The van der Waals surface area contributed by atoms with Crippen LogP contribution < -0.4 is 0 Å². The van der Waals surface area contributed by atoms with Gasteiger partial charge in [0.2, 0.25) is 0 Å². The molecule has 0 heterocycles. The summed E-state index contributed by atoms with van der Waals surface area (Å²) in [6, 6.07) is 0. The van der Waals surface area contributed by atoms with Crippen LogP contribution in [0.3, 0.4) is 0 Å². The van der Waals surface area contributed by atoms with Crippen LogP contribution in [-0.4, -0.2) is 26.9 Å². The molecule has 0 aromatic heterocycles. The molecule has 0 saturated carbocycles. The fourth-order valence-electron chi connectivity index (χ4n) is 1.04. The van der Waals surface area contributed by atoms with Crippen LogP contribution in [0.5, 0.6) is 0 Å². The predicted molar refractivity (Wildman–Crippen MR) is 51.3 cm³/mol. The molecule has 0 aromatic rings. The van der Waals surface area contributed by atoms with Crippen molar-refractivity contribution in [2.45, 2.75) is 27.7 Å². The minimum Gasteiger partial charge on any atom is -0.384 e. The fourth-order valence-corrected chi connectivity index (χ4v) is 1.04. The fraction of sp³-hybridized carbons (Fsp3) is 1.00. The van der Waals surface area contributed by atoms with Crippen molar-refractivity contribution < 1.29 is 9.47 Å². The lowest BCUT2D eigenvalue weighted by molar-refractivity contribution is -0.0204. The molecule has 2 heteroatoms. The van der Waals surface area contributed by atoms with Crippen LogP contribution >= 0.6 is 0 Å². The van der Waals surface area contributed by atoms with Gasteiger partial charge in [0, 0.05) is 19.1 Å². The molecule has 12 heavy (non-hydrogen) atoms. The molecular formula is C10H22O2. The SMILES string of the molecule is CCOCC(C)(COC)C(C)C. The van der Waals surface area contributed by atoms with Crippen LogP contribution in [0.2, 0.25) is 0 Å². The van der Waals surface area contributed by atoms with Crippen molar-refractivity contribution in [1.29, 1.82) is 0 Å². The summed E-state index contributed by atoms with van der Waals surface area (Å²) in [7, 11) is 1.74. The summed E-state index contributed by atoms with van der Waals surface area (Å²) in [4.78, 5) is 0. The van der Waals surface area contributed by atoms with Crippen molar-refractivity contribution in [3.05, 3.63) is 0 Å². The Hall–Kier alpha value is -0.0800. The molecule has 0 radical (unpaired) electrons. The van der Waals surface area contributed by atoms with E-state index in [-0.39, 0.29) is 5.41 Å². The second-order valence-corrected chi connectivity index (χ2v) is 3.88. The third-order valence-electron chi connectivity index (χ3n) is 2.50. The summed E-state index contributed by atoms with van der Waals surface area (Å²) in [6.45, 7) is 11.0. The largest absolute Gasteiger partial charge is 0.384 e. The minimum absolute atomic E-state index is 0.158. The topological polar surface area (TPSA) is 18.5 Å². The summed E-state index contributed by atoms with van der Waals surface area (Å²) >= 11 is 0. The zero-order valence-corrected chi connectivity index (χ0v) is 9.02. The van der Waals surface area contributed by atoms with Gasteiger partial charge in [0.25, 0.3) is 0 Å². The highest BCUT2D eigenvalue weighted by Gasteiger charge is 2.28. The maximum atomic E-state index is 5.43. The van der Waals surface area contributed by atoms with Gasteiger partial charge in [-0.15, -0.1) is 0 Å². The van der Waals surface area contributed by atoms with Crippen LogP contribution in [-0.2, 0) is 9.47 Å². The number of ether oxygens (including phenoxy) is 2. The summed E-state index contributed by atoms with van der Waals surface area (Å²) in [6.07, 6.45) is 0. The Balaban J connectivity index is 3.99. The Bertz CT molecular complexity index is 112. The van der Waals surface area contributed by atoms with E-state index in [1.807, 2.05) is 6.92 Å². The zero-order chi connectivity index (χ0) is 9.61. The van der Waals surface area contributed by atoms with Gasteiger partial charge in [0.15, 0.2) is 0 Å². The van der Waals surface area contributed by atoms with Crippen molar-refractivity contribution in [2.75, 3.05) is 26.9 Å². The maximum Gasteiger partial charge on any atom is 0.0544 e. The van der Waals surface area contributed by atoms with E-state index in [1.165, 1.54) is 0 Å². The highest BCUT2D eigenvalue weighted by Crippen LogP contribution is 2.27. The second-order valence-electron chi connectivity index (χ2n) is 3.88. The van der Waals surface area contributed by atoms with Crippen LogP contribution in [0.4, 0.5) is 0 Å². The van der Waals surface area contributed by atoms with Gasteiger partial charge in [-0.25, -0.2) is 0 Å². The lowest BCUT2D eigenvalue weighted by atomic mass is 9.81. The van der Waals surface area contributed by atoms with Crippen LogP contribution in [0.25, 0.3) is 0 Å². The van der Waals surface area contributed by atoms with Crippen molar-refractivity contribution >= 4 is 0 Å². The molecule has 0 fully saturated rings. The number of hydrogen-bond donors (Lipinski definition) is 0. The second kappa shape index (κ2) is 5.55. The van der Waals surface area contributed by atoms with Gasteiger partial charge in [-0.2, -0.15) is 0 Å². The Labute approximate surface area is 76.3 Å². The van der Waals surface area contributed by atoms with Crippen molar-refractivity contribution in [1.82, 2.24) is 0 Å². The van der Waals surface area contributed by atoms with E-state index in [0.717, 1.165) is 19.8 Å². The van der Waals surface area contributed by atoms with E-state index >= 15 is 0 Å². The first-order valence-corrected chi connectivity index (χ1v) is 4.63. The highest BCUT2D eigenvalue weighted by molar-refractivity contribution is 4.76. The molecule has 0 aliphatic rings. The van der Waals surface area contributed by atoms with E-state index in [4.69, 9.17) is 9.47 Å². The molecule has 0 aromatic carbocycles. The third-order valence-corrected chi connectivity index (χ3v) is 2.50. The Morgan fingerprint density at radius 1 is 1.25 bits per heavy atom. The number of hydrogen-bond acceptors (Lipinski definition) is 2. The van der Waals surface area contributed by atoms with Gasteiger partial charge in [0.1, 0.15) is 0 Å². The van der Waals surface area contributed by atoms with Gasteiger partial charge >= 0.3 is 0 Å². The molecule has 0 spiro atoms. The van der Waals surface area contributed by atoms with Crippen molar-refractivity contribution in [3.63, 3.8) is 0 Å². The predicted octanol–water partition coefficient (Wildman–Crippen LogP) is 2.33. The van der Waals surface area contributed by atoms with Crippen LogP contribution in [0.15, 0.2) is 0 Å². The average Bonchev–Trinajstić information content (AvgIpc) is 2.01. The van der Waals surface area contributed by atoms with Crippen molar-refractivity contribution in [2.24, 2.45) is 11.3 Å². The summed E-state index contributed by atoms with van der Waals surface area (Å²) in [5, 5.41) is 0. The molecular weight excluding hydrogens is 152 g/mol. The molecule has 2 nitrogen and oxygen atoms in total. The van der Waals surface area contributed by atoms with Gasteiger partial charge in [-0.05, 0) is 12.8 Å². The Kier molecular flexibility index (Phi) is 5.51. The summed E-state index contributed by atoms with van der Waals surface area (Å²) in [5.74, 6) is 0.587. The molecule has 0 N–H and O–H groups in total. The van der Waals surface area contributed by atoms with E-state index in [9.17, 15) is 0 Å². The quantitative estimate of drug-likeness (QED) is 0.615. The normalized spacial score (nSPS) is 16.5. The minimum atomic E-state index is 0.158. The lowest BCUT2D eigenvalue weighted by Crippen LogP contribution is -2.34. The molecule has 0 aliphatic carbocycles. The average molecular weight is 174 g/mol. The molecule has 1 atom stereocenters. The third kappa shape index (κ3) is 3.55. The van der Waals surface area contributed by atoms with Gasteiger partial charge in [0.05, 0.1) is 13.2 Å². The highest BCUT2D eigenvalue weighted by atomic mass is 16.5. The van der Waals surface area contributed by atoms with Crippen molar-refractivity contribution in [3.8, 4) is 0 Å². The number of rotatable bonds is 6. The van der Waals surface area contributed by atoms with Crippen LogP contribution in [0.1, 0.15) is 27.7 Å². The summed E-state index contributed by atoms with van der Waals surface area (Å²) < 4.78 is 10.6. The van der Waals surface area contributed by atoms with Gasteiger partial charge in [-0.1, -0.05) is 20.8 Å². The first-order valence-electron chi connectivity index (χ1n) is 4.63. The molecule has 74 valence electrons. The molecule has 0 aliphatic heterocycles. The molecule has 0 bridgehead atoms. The number of methoxy groups -OCH3 is 1. The first kappa shape index (κ1) is 11.9. The Morgan fingerprint density at radius 3 is 2.17 bits per heavy atom. The van der Waals surface area contributed by atoms with Crippen LogP contribution in [0, 0.1) is 11.3 Å². The molecule has 0 amide bonds. The summed E-state index contributed by atoms with van der Waals surface area (Å²) in [5.41, 5.74) is 0.158. The standard InChI is InChI=1S/C10H22O2/c1-6-12-8-10(4,7-11-5)9(2)3/h9H,6-8H2,1-5H3. The lowest BCUT2D eigenvalue weighted by Gasteiger charge is -2.32. The van der Waals surface area contributed by atoms with E-state index in [1.54, 1.807) is 7.11 Å². The smallest absolute Gasteiger partial charge is 0.0544 e. The first-order chi connectivity index (χ1) is 5.56. The molecule has 0 saturated heterocycles. The molecule has 1 unspecified atom stereocenters. The Morgan fingerprint density at radius 2 is 1.83 bits per heavy atom.